The van der Waals surface area contributed by atoms with E-state index in [1.54, 1.807) is 30.3 Å². The fourth-order valence-corrected chi connectivity index (χ4v) is 2.37. The number of ether oxygens (including phenoxy) is 1. The van der Waals surface area contributed by atoms with Gasteiger partial charge in [0.2, 0.25) is 0 Å². The molecule has 0 saturated heterocycles. The SMILES string of the molecule is C=CCOc1ccc(C(=O)N(CCCN)Cc2ccccc2)cc1. The lowest BCUT2D eigenvalue weighted by atomic mass is 10.1. The smallest absolute Gasteiger partial charge is 0.254 e. The van der Waals surface area contributed by atoms with E-state index in [0.717, 1.165) is 17.7 Å². The zero-order valence-corrected chi connectivity index (χ0v) is 13.9. The Labute approximate surface area is 143 Å². The van der Waals surface area contributed by atoms with Crippen molar-refractivity contribution in [2.24, 2.45) is 5.73 Å². The molecule has 0 aliphatic rings. The normalized spacial score (nSPS) is 10.2. The van der Waals surface area contributed by atoms with Crippen LogP contribution in [0.15, 0.2) is 67.3 Å². The summed E-state index contributed by atoms with van der Waals surface area (Å²) in [5.41, 5.74) is 7.37. The van der Waals surface area contributed by atoms with Crippen LogP contribution in [0.5, 0.6) is 5.75 Å². The summed E-state index contributed by atoms with van der Waals surface area (Å²) in [6.45, 7) is 5.84. The molecular weight excluding hydrogens is 300 g/mol. The van der Waals surface area contributed by atoms with Crippen LogP contribution >= 0.6 is 0 Å². The molecule has 2 aromatic rings. The van der Waals surface area contributed by atoms with Crippen molar-refractivity contribution in [3.8, 4) is 5.75 Å². The van der Waals surface area contributed by atoms with E-state index < -0.39 is 0 Å². The second-order valence-corrected chi connectivity index (χ2v) is 5.48. The zero-order chi connectivity index (χ0) is 17.2. The first-order chi connectivity index (χ1) is 11.7. The molecule has 2 aromatic carbocycles. The Balaban J connectivity index is 2.09. The molecule has 2 N–H and O–H groups in total. The third-order valence-electron chi connectivity index (χ3n) is 3.60. The Morgan fingerprint density at radius 1 is 1.12 bits per heavy atom. The molecule has 0 aliphatic carbocycles. The summed E-state index contributed by atoms with van der Waals surface area (Å²) in [7, 11) is 0. The molecule has 0 unspecified atom stereocenters. The Bertz CT molecular complexity index is 638. The number of carbonyl (C=O) groups excluding carboxylic acids is 1. The van der Waals surface area contributed by atoms with Gasteiger partial charge in [-0.1, -0.05) is 43.0 Å². The number of nitrogens with two attached hydrogens (primary N) is 1. The Kier molecular flexibility index (Phi) is 7.05. The van der Waals surface area contributed by atoms with Crippen LogP contribution in [0.2, 0.25) is 0 Å². The van der Waals surface area contributed by atoms with Crippen molar-refractivity contribution < 1.29 is 9.53 Å². The second kappa shape index (κ2) is 9.53. The predicted molar refractivity (Wildman–Crippen MR) is 97.0 cm³/mol. The molecule has 0 aliphatic heterocycles. The van der Waals surface area contributed by atoms with Gasteiger partial charge in [0.25, 0.3) is 5.91 Å². The van der Waals surface area contributed by atoms with E-state index in [-0.39, 0.29) is 5.91 Å². The largest absolute Gasteiger partial charge is 0.490 e. The Morgan fingerprint density at radius 2 is 1.83 bits per heavy atom. The molecule has 0 saturated carbocycles. The molecule has 4 heteroatoms. The summed E-state index contributed by atoms with van der Waals surface area (Å²) in [5, 5.41) is 0. The maximum Gasteiger partial charge on any atom is 0.254 e. The highest BCUT2D eigenvalue weighted by Gasteiger charge is 2.15. The molecule has 0 radical (unpaired) electrons. The van der Waals surface area contributed by atoms with Crippen LogP contribution in [-0.2, 0) is 6.54 Å². The highest BCUT2D eigenvalue weighted by molar-refractivity contribution is 5.94. The molecule has 0 heterocycles. The monoisotopic (exact) mass is 324 g/mol. The first kappa shape index (κ1) is 17.8. The molecule has 24 heavy (non-hydrogen) atoms. The predicted octanol–water partition coefficient (Wildman–Crippen LogP) is 3.24. The van der Waals surface area contributed by atoms with Crippen molar-refractivity contribution in [1.82, 2.24) is 4.90 Å². The average molecular weight is 324 g/mol. The number of carbonyl (C=O) groups is 1. The van der Waals surface area contributed by atoms with Crippen molar-refractivity contribution >= 4 is 5.91 Å². The van der Waals surface area contributed by atoms with Gasteiger partial charge in [-0.05, 0) is 42.8 Å². The second-order valence-electron chi connectivity index (χ2n) is 5.48. The highest BCUT2D eigenvalue weighted by atomic mass is 16.5. The Hall–Kier alpha value is -2.59. The maximum atomic E-state index is 12.8. The summed E-state index contributed by atoms with van der Waals surface area (Å²) < 4.78 is 5.45. The minimum atomic E-state index is 0.00238. The Morgan fingerprint density at radius 3 is 2.46 bits per heavy atom. The zero-order valence-electron chi connectivity index (χ0n) is 13.9. The lowest BCUT2D eigenvalue weighted by Gasteiger charge is -2.23. The van der Waals surface area contributed by atoms with Gasteiger partial charge in [-0.25, -0.2) is 0 Å². The van der Waals surface area contributed by atoms with Crippen LogP contribution in [0.3, 0.4) is 0 Å². The number of benzene rings is 2. The molecule has 1 amide bonds. The summed E-state index contributed by atoms with van der Waals surface area (Å²) in [4.78, 5) is 14.6. The van der Waals surface area contributed by atoms with Gasteiger partial charge in [-0.15, -0.1) is 0 Å². The van der Waals surface area contributed by atoms with Crippen LogP contribution in [0.4, 0.5) is 0 Å². The van der Waals surface area contributed by atoms with E-state index in [2.05, 4.69) is 6.58 Å². The van der Waals surface area contributed by atoms with E-state index in [1.165, 1.54) is 0 Å². The van der Waals surface area contributed by atoms with Gasteiger partial charge in [0.15, 0.2) is 0 Å². The number of amides is 1. The first-order valence-electron chi connectivity index (χ1n) is 8.11. The maximum absolute atomic E-state index is 12.8. The van der Waals surface area contributed by atoms with Crippen LogP contribution in [0.1, 0.15) is 22.3 Å². The van der Waals surface area contributed by atoms with Crippen molar-refractivity contribution in [3.63, 3.8) is 0 Å². The third-order valence-corrected chi connectivity index (χ3v) is 3.60. The van der Waals surface area contributed by atoms with E-state index in [4.69, 9.17) is 10.5 Å². The first-order valence-corrected chi connectivity index (χ1v) is 8.11. The average Bonchev–Trinajstić information content (AvgIpc) is 2.64. The van der Waals surface area contributed by atoms with Gasteiger partial charge in [0.05, 0.1) is 0 Å². The summed E-state index contributed by atoms with van der Waals surface area (Å²) in [5.74, 6) is 0.727. The van der Waals surface area contributed by atoms with Gasteiger partial charge < -0.3 is 15.4 Å². The van der Waals surface area contributed by atoms with Crippen LogP contribution in [-0.4, -0.2) is 30.5 Å². The molecule has 2 rings (SSSR count). The molecule has 4 nitrogen and oxygen atoms in total. The molecule has 0 spiro atoms. The quantitative estimate of drug-likeness (QED) is 0.720. The minimum Gasteiger partial charge on any atom is -0.490 e. The van der Waals surface area contributed by atoms with Gasteiger partial charge in [0.1, 0.15) is 12.4 Å². The fourth-order valence-electron chi connectivity index (χ4n) is 2.37. The number of hydrogen-bond donors (Lipinski definition) is 1. The lowest BCUT2D eigenvalue weighted by Crippen LogP contribution is -2.32. The highest BCUT2D eigenvalue weighted by Crippen LogP contribution is 2.15. The van der Waals surface area contributed by atoms with Crippen LogP contribution in [0.25, 0.3) is 0 Å². The van der Waals surface area contributed by atoms with Gasteiger partial charge in [-0.3, -0.25) is 4.79 Å². The van der Waals surface area contributed by atoms with E-state index in [9.17, 15) is 4.79 Å². The van der Waals surface area contributed by atoms with Crippen LogP contribution in [0, 0.1) is 0 Å². The van der Waals surface area contributed by atoms with Crippen molar-refractivity contribution in [3.05, 3.63) is 78.4 Å². The fraction of sp³-hybridized carbons (Fsp3) is 0.250. The number of hydrogen-bond acceptors (Lipinski definition) is 3. The summed E-state index contributed by atoms with van der Waals surface area (Å²) >= 11 is 0. The summed E-state index contributed by atoms with van der Waals surface area (Å²) in [6, 6.07) is 17.2. The lowest BCUT2D eigenvalue weighted by molar-refractivity contribution is 0.0742. The van der Waals surface area contributed by atoms with Gasteiger partial charge in [0, 0.05) is 18.7 Å². The molecule has 0 fully saturated rings. The van der Waals surface area contributed by atoms with Crippen molar-refractivity contribution in [1.29, 1.82) is 0 Å². The topological polar surface area (TPSA) is 55.6 Å². The van der Waals surface area contributed by atoms with Crippen molar-refractivity contribution in [2.75, 3.05) is 19.7 Å². The van der Waals surface area contributed by atoms with Gasteiger partial charge >= 0.3 is 0 Å². The van der Waals surface area contributed by atoms with Gasteiger partial charge in [-0.2, -0.15) is 0 Å². The molecule has 0 atom stereocenters. The molecule has 0 bridgehead atoms. The minimum absolute atomic E-state index is 0.00238. The van der Waals surface area contributed by atoms with Crippen LogP contribution < -0.4 is 10.5 Å². The summed E-state index contributed by atoms with van der Waals surface area (Å²) in [6.07, 6.45) is 2.46. The van der Waals surface area contributed by atoms with Crippen molar-refractivity contribution in [2.45, 2.75) is 13.0 Å². The van der Waals surface area contributed by atoms with E-state index >= 15 is 0 Å². The van der Waals surface area contributed by atoms with E-state index in [1.807, 2.05) is 35.2 Å². The standard InChI is InChI=1S/C20H24N2O2/c1-2-15-24-19-11-9-18(10-12-19)20(23)22(14-6-13-21)16-17-7-4-3-5-8-17/h2-5,7-12H,1,6,13-16,21H2. The molecule has 126 valence electrons. The number of nitrogens with zero attached hydrogens (tertiary/aromatic N) is 1. The molecular formula is C20H24N2O2. The van der Waals surface area contributed by atoms with E-state index in [0.29, 0.717) is 31.8 Å². The number of rotatable bonds is 9. The molecule has 0 aromatic heterocycles. The third kappa shape index (κ3) is 5.25.